The molecule has 14 heavy (non-hydrogen) atoms. The van der Waals surface area contributed by atoms with Gasteiger partial charge < -0.3 is 16.0 Å². The van der Waals surface area contributed by atoms with Gasteiger partial charge in [-0.15, -0.1) is 0 Å². The highest BCUT2D eigenvalue weighted by Crippen LogP contribution is 2.51. The van der Waals surface area contributed by atoms with Gasteiger partial charge in [0.15, 0.2) is 0 Å². The Morgan fingerprint density at radius 1 is 1.57 bits per heavy atom. The van der Waals surface area contributed by atoms with Gasteiger partial charge in [-0.3, -0.25) is 0 Å². The molecule has 0 aromatic heterocycles. The Morgan fingerprint density at radius 2 is 2.21 bits per heavy atom. The summed E-state index contributed by atoms with van der Waals surface area (Å²) in [7, 11) is 0. The van der Waals surface area contributed by atoms with E-state index in [1.54, 1.807) is 0 Å². The number of likely N-dealkylation sites (tertiary alicyclic amines) is 1. The zero-order valence-electron chi connectivity index (χ0n) is 8.75. The number of carbonyl (C=O) groups excluding carboxylic acids is 1. The second-order valence-electron chi connectivity index (χ2n) is 4.89. The van der Waals surface area contributed by atoms with E-state index in [9.17, 15) is 4.79 Å². The number of carbonyl (C=O) groups is 1. The Morgan fingerprint density at radius 3 is 2.71 bits per heavy atom. The lowest BCUT2D eigenvalue weighted by atomic mass is 9.58. The summed E-state index contributed by atoms with van der Waals surface area (Å²) >= 11 is 0. The predicted octanol–water partition coefficient (Wildman–Crippen LogP) is 0.387. The Bertz CT molecular complexity index is 228. The lowest BCUT2D eigenvalue weighted by molar-refractivity contribution is -0.0649. The minimum atomic E-state index is 0.0561. The lowest BCUT2D eigenvalue weighted by Gasteiger charge is -2.58. The summed E-state index contributed by atoms with van der Waals surface area (Å²) in [6.45, 7) is 5.28. The number of rotatable bonds is 2. The van der Waals surface area contributed by atoms with E-state index in [0.29, 0.717) is 18.5 Å². The first-order valence-electron chi connectivity index (χ1n) is 5.38. The van der Waals surface area contributed by atoms with Crippen LogP contribution >= 0.6 is 0 Å². The fourth-order valence-corrected chi connectivity index (χ4v) is 2.87. The molecule has 4 heteroatoms. The van der Waals surface area contributed by atoms with Gasteiger partial charge in [0, 0.05) is 31.6 Å². The Hall–Kier alpha value is -0.770. The van der Waals surface area contributed by atoms with Crippen LogP contribution in [0.5, 0.6) is 0 Å². The van der Waals surface area contributed by atoms with Crippen LogP contribution in [0.4, 0.5) is 4.79 Å². The number of amides is 2. The third-order valence-electron chi connectivity index (χ3n) is 3.32. The molecule has 1 saturated carbocycles. The van der Waals surface area contributed by atoms with Crippen molar-refractivity contribution in [1.82, 2.24) is 10.2 Å². The number of hydrogen-bond donors (Lipinski definition) is 2. The van der Waals surface area contributed by atoms with Gasteiger partial charge in [0.25, 0.3) is 0 Å². The summed E-state index contributed by atoms with van der Waals surface area (Å²) in [6, 6.07) is 0.0561. The molecule has 0 aromatic carbocycles. The van der Waals surface area contributed by atoms with Crippen molar-refractivity contribution in [2.24, 2.45) is 17.1 Å². The number of nitrogens with two attached hydrogens (primary N) is 1. The lowest BCUT2D eigenvalue weighted by Crippen LogP contribution is -2.65. The number of hydrogen-bond acceptors (Lipinski definition) is 2. The largest absolute Gasteiger partial charge is 0.337 e. The third-order valence-corrected chi connectivity index (χ3v) is 3.32. The molecule has 0 bridgehead atoms. The van der Waals surface area contributed by atoms with E-state index in [2.05, 4.69) is 12.2 Å². The van der Waals surface area contributed by atoms with Gasteiger partial charge in [0.2, 0.25) is 0 Å². The molecular weight excluding hydrogens is 178 g/mol. The average Bonchev–Trinajstić information content (AvgIpc) is 2.04. The fourth-order valence-electron chi connectivity index (χ4n) is 2.87. The molecule has 2 amide bonds. The van der Waals surface area contributed by atoms with E-state index in [1.807, 2.05) is 4.90 Å². The molecular formula is C10H19N3O. The molecule has 0 atom stereocenters. The minimum absolute atomic E-state index is 0.0561. The molecule has 1 aliphatic carbocycles. The smallest absolute Gasteiger partial charge is 0.317 e. The van der Waals surface area contributed by atoms with Crippen LogP contribution in [0.3, 0.4) is 0 Å². The van der Waals surface area contributed by atoms with Gasteiger partial charge in [0.1, 0.15) is 0 Å². The summed E-state index contributed by atoms with van der Waals surface area (Å²) in [4.78, 5) is 13.3. The van der Waals surface area contributed by atoms with Gasteiger partial charge in [-0.05, 0) is 18.8 Å². The van der Waals surface area contributed by atoms with Crippen molar-refractivity contribution in [2.75, 3.05) is 26.2 Å². The molecule has 2 rings (SSSR count). The minimum Gasteiger partial charge on any atom is -0.337 e. The zero-order valence-corrected chi connectivity index (χ0v) is 8.75. The predicted molar refractivity (Wildman–Crippen MR) is 54.9 cm³/mol. The molecule has 0 aromatic rings. The van der Waals surface area contributed by atoms with E-state index in [4.69, 9.17) is 5.73 Å². The maximum atomic E-state index is 11.5. The maximum absolute atomic E-state index is 11.5. The van der Waals surface area contributed by atoms with E-state index in [-0.39, 0.29) is 6.03 Å². The molecule has 1 spiro atoms. The van der Waals surface area contributed by atoms with Gasteiger partial charge in [-0.25, -0.2) is 4.79 Å². The topological polar surface area (TPSA) is 58.4 Å². The Kier molecular flexibility index (Phi) is 2.39. The number of urea groups is 1. The molecule has 4 nitrogen and oxygen atoms in total. The first kappa shape index (κ1) is 9.77. The van der Waals surface area contributed by atoms with Crippen LogP contribution in [0.2, 0.25) is 0 Å². The molecule has 2 aliphatic rings. The third kappa shape index (κ3) is 1.59. The number of nitrogens with zero attached hydrogens (tertiary/aromatic N) is 1. The Balaban J connectivity index is 1.69. The van der Waals surface area contributed by atoms with E-state index < -0.39 is 0 Å². The van der Waals surface area contributed by atoms with Crippen LogP contribution < -0.4 is 11.1 Å². The summed E-state index contributed by atoms with van der Waals surface area (Å²) in [5, 5.41) is 2.79. The van der Waals surface area contributed by atoms with E-state index >= 15 is 0 Å². The maximum Gasteiger partial charge on any atom is 0.317 e. The Labute approximate surface area is 84.8 Å². The molecule has 2 fully saturated rings. The summed E-state index contributed by atoms with van der Waals surface area (Å²) in [6.07, 6.45) is 2.60. The highest BCUT2D eigenvalue weighted by Gasteiger charge is 2.51. The second-order valence-corrected chi connectivity index (χ2v) is 4.89. The van der Waals surface area contributed by atoms with Crippen LogP contribution in [0, 0.1) is 11.3 Å². The van der Waals surface area contributed by atoms with Crippen LogP contribution in [-0.2, 0) is 0 Å². The van der Waals surface area contributed by atoms with E-state index in [0.717, 1.165) is 19.0 Å². The van der Waals surface area contributed by atoms with Gasteiger partial charge in [-0.1, -0.05) is 6.92 Å². The number of nitrogens with one attached hydrogen (secondary N) is 1. The van der Waals surface area contributed by atoms with Crippen LogP contribution in [-0.4, -0.2) is 37.1 Å². The van der Waals surface area contributed by atoms with Crippen LogP contribution in [0.15, 0.2) is 0 Å². The van der Waals surface area contributed by atoms with Crippen LogP contribution in [0.25, 0.3) is 0 Å². The zero-order chi connectivity index (χ0) is 10.2. The first-order chi connectivity index (χ1) is 6.65. The molecule has 1 saturated heterocycles. The molecule has 0 radical (unpaired) electrons. The molecule has 1 aliphatic heterocycles. The normalized spacial score (nSPS) is 24.3. The van der Waals surface area contributed by atoms with Crippen molar-refractivity contribution in [3.05, 3.63) is 0 Å². The second kappa shape index (κ2) is 3.42. The SMILES string of the molecule is CC1CC2(C1)CN(C(=O)NCCN)C2. The summed E-state index contributed by atoms with van der Waals surface area (Å²) in [5.74, 6) is 0.865. The average molecular weight is 197 g/mol. The van der Waals surface area contributed by atoms with Crippen molar-refractivity contribution in [2.45, 2.75) is 19.8 Å². The quantitative estimate of drug-likeness (QED) is 0.672. The van der Waals surface area contributed by atoms with Crippen molar-refractivity contribution < 1.29 is 4.79 Å². The standard InChI is InChI=1S/C10H19N3O/c1-8-4-10(5-8)6-13(7-10)9(14)12-3-2-11/h8H,2-7,11H2,1H3,(H,12,14). The molecule has 80 valence electrons. The van der Waals surface area contributed by atoms with Crippen molar-refractivity contribution in [1.29, 1.82) is 0 Å². The first-order valence-corrected chi connectivity index (χ1v) is 5.38. The van der Waals surface area contributed by atoms with Gasteiger partial charge in [-0.2, -0.15) is 0 Å². The fraction of sp³-hybridized carbons (Fsp3) is 0.900. The molecule has 0 unspecified atom stereocenters. The van der Waals surface area contributed by atoms with E-state index in [1.165, 1.54) is 12.8 Å². The highest BCUT2D eigenvalue weighted by atomic mass is 16.2. The molecule has 3 N–H and O–H groups in total. The van der Waals surface area contributed by atoms with Crippen molar-refractivity contribution in [3.63, 3.8) is 0 Å². The van der Waals surface area contributed by atoms with Crippen molar-refractivity contribution in [3.8, 4) is 0 Å². The summed E-state index contributed by atoms with van der Waals surface area (Å²) in [5.41, 5.74) is 5.81. The molecule has 1 heterocycles. The monoisotopic (exact) mass is 197 g/mol. The van der Waals surface area contributed by atoms with Gasteiger partial charge in [0.05, 0.1) is 0 Å². The highest BCUT2D eigenvalue weighted by molar-refractivity contribution is 5.75. The van der Waals surface area contributed by atoms with Gasteiger partial charge >= 0.3 is 6.03 Å². The van der Waals surface area contributed by atoms with Crippen LogP contribution in [0.1, 0.15) is 19.8 Å². The summed E-state index contributed by atoms with van der Waals surface area (Å²) < 4.78 is 0. The van der Waals surface area contributed by atoms with Crippen molar-refractivity contribution >= 4 is 6.03 Å².